The Morgan fingerprint density at radius 2 is 1.71 bits per heavy atom. The van der Waals surface area contributed by atoms with Gasteiger partial charge in [-0.1, -0.05) is 70.6 Å². The summed E-state index contributed by atoms with van der Waals surface area (Å²) in [6, 6.07) is 18.8. The van der Waals surface area contributed by atoms with Crippen molar-refractivity contribution in [1.29, 1.82) is 0 Å². The third kappa shape index (κ3) is 11.8. The number of hydroxylamine groups is 2. The number of nitrogens with one attached hydrogen (secondary N) is 2. The number of hydrogen-bond acceptors (Lipinski definition) is 15. The molecule has 6 heterocycles. The summed E-state index contributed by atoms with van der Waals surface area (Å²) >= 11 is 0. The summed E-state index contributed by atoms with van der Waals surface area (Å²) in [5.41, 5.74) is 6.70. The van der Waals surface area contributed by atoms with Crippen molar-refractivity contribution in [1.82, 2.24) is 15.7 Å². The van der Waals surface area contributed by atoms with Crippen LogP contribution >= 0.6 is 21.6 Å². The second-order valence-electron chi connectivity index (χ2n) is 19.0. The topological polar surface area (TPSA) is 153 Å². The molecule has 3 aromatic carbocycles. The molecule has 2 unspecified atom stereocenters. The van der Waals surface area contributed by atoms with Crippen LogP contribution in [0.2, 0.25) is 0 Å². The normalized spacial score (nSPS) is 20.4. The minimum Gasteiger partial charge on any atom is -0.494 e. The minimum atomic E-state index is -0.363. The van der Waals surface area contributed by atoms with Crippen LogP contribution in [0.4, 0.5) is 17.1 Å². The van der Waals surface area contributed by atoms with Crippen molar-refractivity contribution in [2.45, 2.75) is 88.1 Å². The maximum Gasteiger partial charge on any atom is 0.325 e. The van der Waals surface area contributed by atoms with E-state index in [4.69, 9.17) is 33.5 Å². The first-order chi connectivity index (χ1) is 35.0. The zero-order valence-corrected chi connectivity index (χ0v) is 43.1. The number of aliphatic imine (C=N–C) groups is 1. The van der Waals surface area contributed by atoms with Crippen molar-refractivity contribution in [2.24, 2.45) is 4.99 Å². The highest BCUT2D eigenvalue weighted by Crippen LogP contribution is 2.42. The van der Waals surface area contributed by atoms with Gasteiger partial charge in [0.2, 0.25) is 0 Å². The average molecular weight is 1020 g/mol. The molecule has 0 radical (unpaired) electrons. The fourth-order valence-electron chi connectivity index (χ4n) is 9.77. The van der Waals surface area contributed by atoms with Gasteiger partial charge < -0.3 is 44.1 Å². The number of amides is 2. The van der Waals surface area contributed by atoms with E-state index in [0.29, 0.717) is 71.5 Å². The van der Waals surface area contributed by atoms with E-state index in [2.05, 4.69) is 37.1 Å². The lowest BCUT2D eigenvalue weighted by molar-refractivity contribution is -0.185. The van der Waals surface area contributed by atoms with E-state index in [1.54, 1.807) is 47.3 Å². The van der Waals surface area contributed by atoms with Gasteiger partial charge in [-0.3, -0.25) is 24.3 Å². The molecule has 9 rings (SSSR count). The molecule has 0 saturated carbocycles. The summed E-state index contributed by atoms with van der Waals surface area (Å²) in [7, 11) is 6.71. The van der Waals surface area contributed by atoms with Crippen LogP contribution in [0.15, 0.2) is 125 Å². The van der Waals surface area contributed by atoms with E-state index in [1.165, 1.54) is 7.11 Å². The summed E-state index contributed by atoms with van der Waals surface area (Å²) < 4.78 is 30.8. The van der Waals surface area contributed by atoms with Gasteiger partial charge in [0, 0.05) is 78.8 Å². The highest BCUT2D eigenvalue weighted by atomic mass is 33.1. The van der Waals surface area contributed by atoms with Crippen molar-refractivity contribution in [2.75, 3.05) is 69.2 Å². The van der Waals surface area contributed by atoms with Crippen LogP contribution in [0, 0.1) is 0 Å². The number of methoxy groups -OCH3 is 2. The first-order valence-electron chi connectivity index (χ1n) is 24.8. The number of para-hydroxylation sites is 2. The van der Waals surface area contributed by atoms with Gasteiger partial charge in [0.25, 0.3) is 17.8 Å². The summed E-state index contributed by atoms with van der Waals surface area (Å²) in [6.07, 6.45) is 15.5. The van der Waals surface area contributed by atoms with E-state index < -0.39 is 0 Å². The number of ether oxygens (including phenoxy) is 5. The molecule has 1 saturated heterocycles. The summed E-state index contributed by atoms with van der Waals surface area (Å²) in [4.78, 5) is 54.2. The number of dihydropyridines is 1. The Bertz CT molecular complexity index is 2690. The molecule has 2 amide bonds. The van der Waals surface area contributed by atoms with Gasteiger partial charge in [-0.25, -0.2) is 0 Å². The zero-order valence-electron chi connectivity index (χ0n) is 41.5. The van der Waals surface area contributed by atoms with Gasteiger partial charge in [0.15, 0.2) is 11.5 Å². The number of benzene rings is 3. The number of rotatable bonds is 22. The monoisotopic (exact) mass is 1020 g/mol. The SMILES string of the molecule is C=CC1=C(/C=C(\OC)OCC2=CC(OCCCC(C)(C)SSCCCC(=O)ON3CCCC3)=CC(COc3cc4c(cc3OC)C(=O)N3c5ccccc5C[C@H]3C=N4)N2)NCC2Cc3ccccc3N2C1=O. The zero-order chi connectivity index (χ0) is 50.2. The molecule has 380 valence electrons. The van der Waals surface area contributed by atoms with Crippen LogP contribution in [0.5, 0.6) is 11.5 Å². The van der Waals surface area contributed by atoms with Gasteiger partial charge in [-0.15, -0.1) is 5.06 Å². The van der Waals surface area contributed by atoms with Crippen LogP contribution in [0.1, 0.15) is 73.9 Å². The predicted molar refractivity (Wildman–Crippen MR) is 284 cm³/mol. The molecule has 15 nitrogen and oxygen atoms in total. The van der Waals surface area contributed by atoms with Crippen molar-refractivity contribution < 1.29 is 42.9 Å². The third-order valence-corrected chi connectivity index (χ3v) is 16.8. The smallest absolute Gasteiger partial charge is 0.325 e. The fraction of sp³-hybridized carbons (Fsp3) is 0.418. The molecular weight excluding hydrogens is 953 g/mol. The average Bonchev–Trinajstić information content (AvgIpc) is 4.10. The van der Waals surface area contributed by atoms with Crippen LogP contribution in [-0.4, -0.2) is 111 Å². The van der Waals surface area contributed by atoms with E-state index in [9.17, 15) is 14.4 Å². The maximum absolute atomic E-state index is 14.1. The molecule has 3 atom stereocenters. The Morgan fingerprint density at radius 3 is 2.47 bits per heavy atom. The summed E-state index contributed by atoms with van der Waals surface area (Å²) in [5.74, 6) is 2.15. The molecule has 0 spiro atoms. The lowest BCUT2D eigenvalue weighted by atomic mass is 10.1. The number of hydrogen-bond donors (Lipinski definition) is 2. The highest BCUT2D eigenvalue weighted by molar-refractivity contribution is 8.77. The van der Waals surface area contributed by atoms with Crippen molar-refractivity contribution in [3.63, 3.8) is 0 Å². The standard InChI is InChI=1S/C55H64N6O9S2/c1-6-43-46(57-33-40-25-36-15-7-9-17-47(36)60(40)53(43)63)31-52(66-5)69-35-39-28-42(67-23-14-20-55(2,3)72-71-24-13-19-51(62)70-59-21-11-12-22-59)27-38(58-39)34-68-50-30-45-44(29-49(50)65-4)54(64)61-41(32-56-45)26-37-16-8-10-18-48(37)61/h6-10,15-18,27-32,38,40-41,57-58H,1,11-14,19-26,33-35H2,2-5H3/b52-31+/t38?,40?,41-/m0/s1. The first-order valence-corrected chi connectivity index (χ1v) is 27.1. The maximum atomic E-state index is 14.1. The lowest BCUT2D eigenvalue weighted by Gasteiger charge is -2.26. The number of nitrogens with zero attached hydrogens (tertiary/aromatic N) is 4. The van der Waals surface area contributed by atoms with E-state index in [1.807, 2.05) is 81.4 Å². The molecule has 3 aromatic rings. The quantitative estimate of drug-likeness (QED) is 0.0560. The van der Waals surface area contributed by atoms with Crippen LogP contribution in [-0.2, 0) is 41.5 Å². The number of fused-ring (bicyclic) bond motifs is 7. The fourth-order valence-corrected chi connectivity index (χ4v) is 12.5. The summed E-state index contributed by atoms with van der Waals surface area (Å²) in [5, 5.41) is 8.77. The van der Waals surface area contributed by atoms with Gasteiger partial charge in [-0.2, -0.15) is 0 Å². The van der Waals surface area contributed by atoms with Crippen LogP contribution < -0.4 is 29.9 Å². The molecule has 72 heavy (non-hydrogen) atoms. The highest BCUT2D eigenvalue weighted by Gasteiger charge is 2.38. The Balaban J connectivity index is 0.857. The minimum absolute atomic E-state index is 0.0126. The molecule has 2 N–H and O–H groups in total. The largest absolute Gasteiger partial charge is 0.494 e. The third-order valence-electron chi connectivity index (χ3n) is 13.4. The Kier molecular flexibility index (Phi) is 16.2. The van der Waals surface area contributed by atoms with Crippen molar-refractivity contribution in [3.8, 4) is 11.5 Å². The Labute approximate surface area is 430 Å². The van der Waals surface area contributed by atoms with Gasteiger partial charge >= 0.3 is 5.97 Å². The molecule has 6 aliphatic rings. The van der Waals surface area contributed by atoms with Gasteiger partial charge in [-0.05, 0) is 87.8 Å². The van der Waals surface area contributed by atoms with Crippen molar-refractivity contribution in [3.05, 3.63) is 137 Å². The van der Waals surface area contributed by atoms with Gasteiger partial charge in [0.1, 0.15) is 19.0 Å². The molecule has 0 aliphatic carbocycles. The van der Waals surface area contributed by atoms with Gasteiger partial charge in [0.05, 0.1) is 67.2 Å². The van der Waals surface area contributed by atoms with Crippen LogP contribution in [0.25, 0.3) is 0 Å². The number of anilines is 2. The second kappa shape index (κ2) is 23.1. The molecular formula is C55H64N6O9S2. The molecule has 17 heteroatoms. The van der Waals surface area contributed by atoms with E-state index in [-0.39, 0.29) is 59.8 Å². The Morgan fingerprint density at radius 1 is 0.944 bits per heavy atom. The van der Waals surface area contributed by atoms with E-state index >= 15 is 0 Å². The predicted octanol–water partition coefficient (Wildman–Crippen LogP) is 8.90. The summed E-state index contributed by atoms with van der Waals surface area (Å²) in [6.45, 7) is 11.4. The van der Waals surface area contributed by atoms with Crippen LogP contribution in [0.3, 0.4) is 0 Å². The Hall–Kier alpha value is -6.30. The first kappa shape index (κ1) is 50.6. The number of carbonyl (C=O) groups excluding carboxylic acids is 3. The molecule has 0 aromatic heterocycles. The molecule has 1 fully saturated rings. The number of carbonyl (C=O) groups is 3. The number of allylic oxidation sites excluding steroid dienone is 2. The second-order valence-corrected chi connectivity index (χ2v) is 22.1. The van der Waals surface area contributed by atoms with E-state index in [0.717, 1.165) is 79.9 Å². The van der Waals surface area contributed by atoms with Crippen molar-refractivity contribution >= 4 is 62.6 Å². The molecule has 6 aliphatic heterocycles. The lowest BCUT2D eigenvalue weighted by Crippen LogP contribution is -2.40. The molecule has 0 bridgehead atoms.